The van der Waals surface area contributed by atoms with Crippen LogP contribution in [-0.4, -0.2) is 24.5 Å². The zero-order chi connectivity index (χ0) is 16.4. The van der Waals surface area contributed by atoms with Crippen LogP contribution in [0.2, 0.25) is 0 Å². The molecule has 1 nitrogen and oxygen atoms in total. The first-order valence-electron chi connectivity index (χ1n) is 10.8. The third-order valence-electron chi connectivity index (χ3n) is 5.18. The molecule has 1 saturated heterocycles. The zero-order valence-electron chi connectivity index (χ0n) is 16.0. The minimum absolute atomic E-state index is 1.31. The standard InChI is InChI=1S/C22H43N/c1-2-3-4-5-6-7-8-9-10-11-12-13-14-15-16-17-20-23-21-18-19-22-23/h9-10H,2-8,11-22H2,1H3/b10-9-. The molecule has 1 fully saturated rings. The summed E-state index contributed by atoms with van der Waals surface area (Å²) < 4.78 is 0. The molecule has 1 heterocycles. The van der Waals surface area contributed by atoms with Crippen LogP contribution in [0.4, 0.5) is 0 Å². The lowest BCUT2D eigenvalue weighted by Gasteiger charge is -2.13. The Morgan fingerprint density at radius 3 is 1.65 bits per heavy atom. The molecule has 0 aromatic carbocycles. The fourth-order valence-corrected chi connectivity index (χ4v) is 3.59. The molecule has 0 bridgehead atoms. The van der Waals surface area contributed by atoms with Gasteiger partial charge in [-0.3, -0.25) is 0 Å². The van der Waals surface area contributed by atoms with Gasteiger partial charge < -0.3 is 4.90 Å². The molecule has 0 aliphatic carbocycles. The number of unbranched alkanes of at least 4 members (excludes halogenated alkanes) is 12. The summed E-state index contributed by atoms with van der Waals surface area (Å²) in [4.78, 5) is 2.65. The molecule has 1 rings (SSSR count). The molecule has 0 atom stereocenters. The number of likely N-dealkylation sites (tertiary alicyclic amines) is 1. The summed E-state index contributed by atoms with van der Waals surface area (Å²) in [6.07, 6.45) is 27.5. The summed E-state index contributed by atoms with van der Waals surface area (Å²) in [6, 6.07) is 0. The van der Waals surface area contributed by atoms with Gasteiger partial charge in [-0.2, -0.15) is 0 Å². The van der Waals surface area contributed by atoms with Gasteiger partial charge in [0.25, 0.3) is 0 Å². The Morgan fingerprint density at radius 1 is 0.609 bits per heavy atom. The summed E-state index contributed by atoms with van der Waals surface area (Å²) in [5.74, 6) is 0. The number of rotatable bonds is 16. The van der Waals surface area contributed by atoms with E-state index in [2.05, 4.69) is 24.0 Å². The van der Waals surface area contributed by atoms with Crippen molar-refractivity contribution >= 4 is 0 Å². The number of hydrogen-bond donors (Lipinski definition) is 0. The van der Waals surface area contributed by atoms with E-state index in [1.807, 2.05) is 0 Å². The van der Waals surface area contributed by atoms with Gasteiger partial charge in [-0.1, -0.05) is 76.9 Å². The molecule has 0 saturated carbocycles. The van der Waals surface area contributed by atoms with Crippen LogP contribution in [0.25, 0.3) is 0 Å². The Kier molecular flexibility index (Phi) is 14.9. The molecule has 0 aromatic heterocycles. The Labute approximate surface area is 146 Å². The Bertz CT molecular complexity index is 253. The fourth-order valence-electron chi connectivity index (χ4n) is 3.59. The quantitative estimate of drug-likeness (QED) is 0.216. The Hall–Kier alpha value is -0.300. The van der Waals surface area contributed by atoms with Gasteiger partial charge in [0.2, 0.25) is 0 Å². The zero-order valence-corrected chi connectivity index (χ0v) is 16.0. The van der Waals surface area contributed by atoms with Gasteiger partial charge in [-0.05, 0) is 64.6 Å². The molecule has 0 unspecified atom stereocenters. The highest BCUT2D eigenvalue weighted by atomic mass is 15.1. The molecule has 0 spiro atoms. The molecule has 0 N–H and O–H groups in total. The first-order chi connectivity index (χ1) is 11.4. The normalized spacial score (nSPS) is 15.9. The maximum Gasteiger partial charge on any atom is -0.00183 e. The highest BCUT2D eigenvalue weighted by molar-refractivity contribution is 4.81. The van der Waals surface area contributed by atoms with Gasteiger partial charge in [-0.25, -0.2) is 0 Å². The summed E-state index contributed by atoms with van der Waals surface area (Å²) in [5, 5.41) is 0. The first-order valence-corrected chi connectivity index (χ1v) is 10.8. The van der Waals surface area contributed by atoms with E-state index in [0.29, 0.717) is 0 Å². The van der Waals surface area contributed by atoms with Crippen LogP contribution in [0, 0.1) is 0 Å². The molecule has 23 heavy (non-hydrogen) atoms. The Balaban J connectivity index is 1.69. The van der Waals surface area contributed by atoms with Gasteiger partial charge in [0, 0.05) is 0 Å². The van der Waals surface area contributed by atoms with Crippen molar-refractivity contribution in [2.24, 2.45) is 0 Å². The summed E-state index contributed by atoms with van der Waals surface area (Å²) in [7, 11) is 0. The number of hydrogen-bond acceptors (Lipinski definition) is 1. The Morgan fingerprint density at radius 2 is 1.09 bits per heavy atom. The lowest BCUT2D eigenvalue weighted by Crippen LogP contribution is -2.20. The van der Waals surface area contributed by atoms with E-state index < -0.39 is 0 Å². The van der Waals surface area contributed by atoms with Crippen LogP contribution in [-0.2, 0) is 0 Å². The average Bonchev–Trinajstić information content (AvgIpc) is 3.08. The fraction of sp³-hybridized carbons (Fsp3) is 0.909. The summed E-state index contributed by atoms with van der Waals surface area (Å²) >= 11 is 0. The SMILES string of the molecule is CCCCCCCC/C=C\CCCCCCCCN1CCCC1. The lowest BCUT2D eigenvalue weighted by molar-refractivity contribution is 0.327. The second-order valence-electron chi connectivity index (χ2n) is 7.49. The molecular formula is C22H43N. The van der Waals surface area contributed by atoms with E-state index in [9.17, 15) is 0 Å². The topological polar surface area (TPSA) is 3.24 Å². The van der Waals surface area contributed by atoms with E-state index in [1.54, 1.807) is 0 Å². The van der Waals surface area contributed by atoms with E-state index in [-0.39, 0.29) is 0 Å². The van der Waals surface area contributed by atoms with E-state index in [4.69, 9.17) is 0 Å². The van der Waals surface area contributed by atoms with Gasteiger partial charge >= 0.3 is 0 Å². The summed E-state index contributed by atoms with van der Waals surface area (Å²) in [6.45, 7) is 6.38. The van der Waals surface area contributed by atoms with Crippen LogP contribution < -0.4 is 0 Å². The van der Waals surface area contributed by atoms with Crippen molar-refractivity contribution in [2.45, 2.75) is 110 Å². The highest BCUT2D eigenvalue weighted by Crippen LogP contribution is 2.12. The number of nitrogens with zero attached hydrogens (tertiary/aromatic N) is 1. The monoisotopic (exact) mass is 321 g/mol. The maximum absolute atomic E-state index is 2.65. The van der Waals surface area contributed by atoms with E-state index >= 15 is 0 Å². The minimum Gasteiger partial charge on any atom is -0.303 e. The number of allylic oxidation sites excluding steroid dienone is 2. The molecule has 0 amide bonds. The molecule has 136 valence electrons. The average molecular weight is 322 g/mol. The third kappa shape index (κ3) is 13.8. The van der Waals surface area contributed by atoms with Crippen molar-refractivity contribution in [2.75, 3.05) is 19.6 Å². The summed E-state index contributed by atoms with van der Waals surface area (Å²) in [5.41, 5.74) is 0. The van der Waals surface area contributed by atoms with Crippen molar-refractivity contribution in [3.63, 3.8) is 0 Å². The highest BCUT2D eigenvalue weighted by Gasteiger charge is 2.09. The van der Waals surface area contributed by atoms with Gasteiger partial charge in [0.05, 0.1) is 0 Å². The van der Waals surface area contributed by atoms with Crippen LogP contribution >= 0.6 is 0 Å². The lowest BCUT2D eigenvalue weighted by atomic mass is 10.1. The van der Waals surface area contributed by atoms with Crippen molar-refractivity contribution in [3.8, 4) is 0 Å². The van der Waals surface area contributed by atoms with E-state index in [1.165, 1.54) is 122 Å². The van der Waals surface area contributed by atoms with Crippen molar-refractivity contribution < 1.29 is 0 Å². The predicted octanol–water partition coefficient (Wildman–Crippen LogP) is 7.12. The largest absolute Gasteiger partial charge is 0.303 e. The second-order valence-corrected chi connectivity index (χ2v) is 7.49. The minimum atomic E-state index is 1.31. The van der Waals surface area contributed by atoms with E-state index in [0.717, 1.165) is 0 Å². The van der Waals surface area contributed by atoms with Crippen molar-refractivity contribution in [1.29, 1.82) is 0 Å². The van der Waals surface area contributed by atoms with Gasteiger partial charge in [0.1, 0.15) is 0 Å². The molecule has 1 heteroatoms. The van der Waals surface area contributed by atoms with Gasteiger partial charge in [-0.15, -0.1) is 0 Å². The van der Waals surface area contributed by atoms with Crippen LogP contribution in [0.3, 0.4) is 0 Å². The first kappa shape index (κ1) is 20.7. The maximum atomic E-state index is 2.65. The second kappa shape index (κ2) is 16.6. The molecule has 0 radical (unpaired) electrons. The molecule has 1 aliphatic rings. The third-order valence-corrected chi connectivity index (χ3v) is 5.18. The molecule has 1 aliphatic heterocycles. The van der Waals surface area contributed by atoms with Crippen LogP contribution in [0.1, 0.15) is 110 Å². The molecular weight excluding hydrogens is 278 g/mol. The van der Waals surface area contributed by atoms with Crippen LogP contribution in [0.15, 0.2) is 12.2 Å². The van der Waals surface area contributed by atoms with Gasteiger partial charge in [0.15, 0.2) is 0 Å². The molecule has 0 aromatic rings. The smallest absolute Gasteiger partial charge is 0.00183 e. The van der Waals surface area contributed by atoms with Crippen molar-refractivity contribution in [3.05, 3.63) is 12.2 Å². The van der Waals surface area contributed by atoms with Crippen molar-refractivity contribution in [1.82, 2.24) is 4.90 Å². The predicted molar refractivity (Wildman–Crippen MR) is 105 cm³/mol. The van der Waals surface area contributed by atoms with Crippen LogP contribution in [0.5, 0.6) is 0 Å².